The number of thiazole rings is 1. The number of unbranched alkanes of at least 4 members (excludes halogenated alkanes) is 1. The first-order valence-corrected chi connectivity index (χ1v) is 11.6. The highest BCUT2D eigenvalue weighted by molar-refractivity contribution is 7.22. The van der Waals surface area contributed by atoms with E-state index in [1.54, 1.807) is 35.6 Å². The van der Waals surface area contributed by atoms with E-state index in [0.717, 1.165) is 47.6 Å². The van der Waals surface area contributed by atoms with Crippen LogP contribution >= 0.6 is 11.3 Å². The quantitative estimate of drug-likeness (QED) is 0.411. The van der Waals surface area contributed by atoms with Crippen LogP contribution in [0, 0.1) is 5.92 Å². The largest absolute Gasteiger partial charge is 0.462 e. The Morgan fingerprint density at radius 2 is 2.00 bits per heavy atom. The van der Waals surface area contributed by atoms with Crippen molar-refractivity contribution < 1.29 is 14.3 Å². The highest BCUT2D eigenvalue weighted by atomic mass is 32.1. The fourth-order valence-electron chi connectivity index (χ4n) is 3.69. The number of carbonyl (C=O) groups is 2. The van der Waals surface area contributed by atoms with Crippen molar-refractivity contribution in [3.63, 3.8) is 0 Å². The third-order valence-corrected chi connectivity index (χ3v) is 6.56. The van der Waals surface area contributed by atoms with Crippen LogP contribution in [0.1, 0.15) is 43.0 Å². The molecule has 31 heavy (non-hydrogen) atoms. The fraction of sp³-hybridized carbons (Fsp3) is 0.375. The van der Waals surface area contributed by atoms with E-state index in [4.69, 9.17) is 9.72 Å². The normalized spacial score (nSPS) is 16.3. The Labute approximate surface area is 186 Å². The zero-order valence-electron chi connectivity index (χ0n) is 17.7. The molecule has 1 N–H and O–H groups in total. The molecule has 1 amide bonds. The van der Waals surface area contributed by atoms with Crippen LogP contribution in [-0.4, -0.2) is 36.6 Å². The predicted molar refractivity (Wildman–Crippen MR) is 125 cm³/mol. The maximum atomic E-state index is 12.9. The van der Waals surface area contributed by atoms with Crippen molar-refractivity contribution in [2.24, 2.45) is 5.92 Å². The molecule has 7 heteroatoms. The Morgan fingerprint density at radius 1 is 1.19 bits per heavy atom. The number of nitrogens with zero attached hydrogens (tertiary/aromatic N) is 2. The summed E-state index contributed by atoms with van der Waals surface area (Å²) in [7, 11) is 0. The molecule has 1 unspecified atom stereocenters. The highest BCUT2D eigenvalue weighted by Gasteiger charge is 2.27. The minimum absolute atomic E-state index is 0.00378. The first-order chi connectivity index (χ1) is 15.1. The number of nitrogens with one attached hydrogen (secondary N) is 1. The first kappa shape index (κ1) is 21.3. The van der Waals surface area contributed by atoms with E-state index in [1.807, 2.05) is 18.2 Å². The number of amides is 1. The number of benzene rings is 2. The summed E-state index contributed by atoms with van der Waals surface area (Å²) in [5, 5.41) is 3.97. The minimum atomic E-state index is -0.329. The number of carbonyl (C=O) groups excluding carboxylic acids is 2. The number of fused-ring (bicyclic) bond motifs is 1. The maximum absolute atomic E-state index is 12.9. The van der Waals surface area contributed by atoms with Gasteiger partial charge >= 0.3 is 5.97 Å². The molecule has 1 aliphatic heterocycles. The zero-order valence-corrected chi connectivity index (χ0v) is 18.5. The van der Waals surface area contributed by atoms with Crippen LogP contribution in [0.25, 0.3) is 10.2 Å². The van der Waals surface area contributed by atoms with Crippen LogP contribution in [0.15, 0.2) is 48.5 Å². The average molecular weight is 438 g/mol. The lowest BCUT2D eigenvalue weighted by molar-refractivity contribution is -0.120. The molecule has 0 radical (unpaired) electrons. The standard InChI is InChI=1S/C24H27N3O3S/c1-2-3-15-30-23(29)17-10-12-19(13-11-17)25-22(28)18-7-6-14-27(16-18)24-26-20-8-4-5-9-21(20)31-24/h4-5,8-13,18H,2-3,6-7,14-16H2,1H3,(H,25,28). The Morgan fingerprint density at radius 3 is 2.77 bits per heavy atom. The summed E-state index contributed by atoms with van der Waals surface area (Å²) in [5.41, 5.74) is 2.18. The molecule has 0 bridgehead atoms. The van der Waals surface area contributed by atoms with Gasteiger partial charge in [-0.3, -0.25) is 4.79 Å². The zero-order chi connectivity index (χ0) is 21.6. The molecule has 6 nitrogen and oxygen atoms in total. The number of hydrogen-bond acceptors (Lipinski definition) is 6. The van der Waals surface area contributed by atoms with Crippen LogP contribution in [0.4, 0.5) is 10.8 Å². The van der Waals surface area contributed by atoms with Gasteiger partial charge in [-0.1, -0.05) is 36.8 Å². The van der Waals surface area contributed by atoms with Crippen LogP contribution in [0.2, 0.25) is 0 Å². The van der Waals surface area contributed by atoms with Crippen molar-refractivity contribution in [2.45, 2.75) is 32.6 Å². The van der Waals surface area contributed by atoms with Gasteiger partial charge in [0, 0.05) is 18.8 Å². The van der Waals surface area contributed by atoms with Gasteiger partial charge in [-0.2, -0.15) is 0 Å². The third-order valence-electron chi connectivity index (χ3n) is 5.46. The van der Waals surface area contributed by atoms with E-state index in [9.17, 15) is 9.59 Å². The summed E-state index contributed by atoms with van der Waals surface area (Å²) in [6.45, 7) is 4.06. The molecule has 3 aromatic rings. The summed E-state index contributed by atoms with van der Waals surface area (Å²) in [6.07, 6.45) is 3.65. The first-order valence-electron chi connectivity index (χ1n) is 10.8. The van der Waals surface area contributed by atoms with E-state index in [2.05, 4.69) is 23.2 Å². The van der Waals surface area contributed by atoms with E-state index < -0.39 is 0 Å². The maximum Gasteiger partial charge on any atom is 0.338 e. The van der Waals surface area contributed by atoms with Crippen LogP contribution < -0.4 is 10.2 Å². The molecule has 1 saturated heterocycles. The number of piperidine rings is 1. The predicted octanol–water partition coefficient (Wildman–Crippen LogP) is 5.11. The molecule has 162 valence electrons. The number of anilines is 2. The third kappa shape index (κ3) is 5.22. The highest BCUT2D eigenvalue weighted by Crippen LogP contribution is 2.31. The lowest BCUT2D eigenvalue weighted by Crippen LogP contribution is -2.40. The van der Waals surface area contributed by atoms with E-state index in [1.165, 1.54) is 0 Å². The van der Waals surface area contributed by atoms with Crippen molar-refractivity contribution in [1.29, 1.82) is 0 Å². The van der Waals surface area contributed by atoms with E-state index in [0.29, 0.717) is 24.4 Å². The topological polar surface area (TPSA) is 71.5 Å². The number of ether oxygens (including phenoxy) is 1. The van der Waals surface area contributed by atoms with Gasteiger partial charge < -0.3 is 15.0 Å². The molecule has 1 aliphatic rings. The monoisotopic (exact) mass is 437 g/mol. The Hall–Kier alpha value is -2.93. The molecule has 4 rings (SSSR count). The van der Waals surface area contributed by atoms with Crippen LogP contribution in [0.5, 0.6) is 0 Å². The van der Waals surface area contributed by atoms with Crippen LogP contribution in [-0.2, 0) is 9.53 Å². The SMILES string of the molecule is CCCCOC(=O)c1ccc(NC(=O)C2CCCN(c3nc4ccccc4s3)C2)cc1. The Bertz CT molecular complexity index is 1010. The van der Waals surface area contributed by atoms with Gasteiger partial charge in [0.1, 0.15) is 0 Å². The van der Waals surface area contributed by atoms with Gasteiger partial charge in [0.05, 0.1) is 28.3 Å². The van der Waals surface area contributed by atoms with Crippen molar-refractivity contribution in [3.8, 4) is 0 Å². The van der Waals surface area contributed by atoms with Gasteiger partial charge in [-0.25, -0.2) is 9.78 Å². The smallest absolute Gasteiger partial charge is 0.338 e. The number of rotatable bonds is 7. The van der Waals surface area contributed by atoms with Crippen molar-refractivity contribution in [1.82, 2.24) is 4.98 Å². The lowest BCUT2D eigenvalue weighted by Gasteiger charge is -2.31. The number of esters is 1. The molecular weight excluding hydrogens is 410 g/mol. The van der Waals surface area contributed by atoms with Gasteiger partial charge in [0.25, 0.3) is 0 Å². The Kier molecular flexibility index (Phi) is 6.82. The summed E-state index contributed by atoms with van der Waals surface area (Å²) in [5.74, 6) is -0.423. The molecule has 1 atom stereocenters. The van der Waals surface area contributed by atoms with Crippen molar-refractivity contribution in [3.05, 3.63) is 54.1 Å². The molecule has 1 aromatic heterocycles. The fourth-order valence-corrected chi connectivity index (χ4v) is 4.69. The number of hydrogen-bond donors (Lipinski definition) is 1. The summed E-state index contributed by atoms with van der Waals surface area (Å²) in [4.78, 5) is 31.8. The molecular formula is C24H27N3O3S. The van der Waals surface area contributed by atoms with Gasteiger partial charge in [0.2, 0.25) is 5.91 Å². The summed E-state index contributed by atoms with van der Waals surface area (Å²) >= 11 is 1.67. The molecule has 1 fully saturated rings. The second-order valence-electron chi connectivity index (χ2n) is 7.81. The summed E-state index contributed by atoms with van der Waals surface area (Å²) in [6, 6.07) is 15.0. The number of para-hydroxylation sites is 1. The average Bonchev–Trinajstić information content (AvgIpc) is 3.24. The number of aromatic nitrogens is 1. The molecule has 0 aliphatic carbocycles. The molecule has 2 heterocycles. The minimum Gasteiger partial charge on any atom is -0.462 e. The lowest BCUT2D eigenvalue weighted by atomic mass is 9.97. The Balaban J connectivity index is 1.35. The van der Waals surface area contributed by atoms with E-state index >= 15 is 0 Å². The van der Waals surface area contributed by atoms with Gasteiger partial charge in [-0.05, 0) is 55.7 Å². The molecule has 2 aromatic carbocycles. The second-order valence-corrected chi connectivity index (χ2v) is 8.81. The second kappa shape index (κ2) is 9.92. The molecule has 0 saturated carbocycles. The molecule has 0 spiro atoms. The van der Waals surface area contributed by atoms with E-state index in [-0.39, 0.29) is 17.8 Å². The van der Waals surface area contributed by atoms with Gasteiger partial charge in [-0.15, -0.1) is 0 Å². The summed E-state index contributed by atoms with van der Waals surface area (Å²) < 4.78 is 6.39. The van der Waals surface area contributed by atoms with Crippen LogP contribution in [0.3, 0.4) is 0 Å². The van der Waals surface area contributed by atoms with Crippen molar-refractivity contribution in [2.75, 3.05) is 29.9 Å². The van der Waals surface area contributed by atoms with Crippen molar-refractivity contribution >= 4 is 44.2 Å². The van der Waals surface area contributed by atoms with Gasteiger partial charge in [0.15, 0.2) is 5.13 Å².